The zero-order valence-corrected chi connectivity index (χ0v) is 13.4. The number of aromatic nitrogens is 2. The Morgan fingerprint density at radius 2 is 2.36 bits per heavy atom. The quantitative estimate of drug-likeness (QED) is 0.846. The van der Waals surface area contributed by atoms with Gasteiger partial charge in [-0.15, -0.1) is 0 Å². The first-order valence-electron chi connectivity index (χ1n) is 8.28. The van der Waals surface area contributed by atoms with E-state index in [1.807, 2.05) is 10.9 Å². The van der Waals surface area contributed by atoms with Crippen LogP contribution in [0.2, 0.25) is 0 Å². The summed E-state index contributed by atoms with van der Waals surface area (Å²) in [5.41, 5.74) is 1.22. The van der Waals surface area contributed by atoms with Crippen LogP contribution in [0.5, 0.6) is 0 Å². The number of hydrogen-bond donors (Lipinski definition) is 1. The minimum Gasteiger partial charge on any atom is -0.393 e. The van der Waals surface area contributed by atoms with Gasteiger partial charge in [0.15, 0.2) is 0 Å². The van der Waals surface area contributed by atoms with Crippen LogP contribution in [-0.4, -0.2) is 65.4 Å². The van der Waals surface area contributed by atoms with Gasteiger partial charge in [-0.1, -0.05) is 6.42 Å². The highest BCUT2D eigenvalue weighted by atomic mass is 16.5. The minimum atomic E-state index is -0.168. The highest BCUT2D eigenvalue weighted by Crippen LogP contribution is 2.32. The molecular formula is C16H27N3O3. The Morgan fingerprint density at radius 1 is 1.45 bits per heavy atom. The highest BCUT2D eigenvalue weighted by molar-refractivity contribution is 5.05. The third-order valence-electron chi connectivity index (χ3n) is 4.90. The largest absolute Gasteiger partial charge is 0.393 e. The van der Waals surface area contributed by atoms with Crippen molar-refractivity contribution in [1.82, 2.24) is 14.7 Å². The third kappa shape index (κ3) is 3.68. The van der Waals surface area contributed by atoms with Crippen molar-refractivity contribution in [3.8, 4) is 0 Å². The molecular weight excluding hydrogens is 282 g/mol. The van der Waals surface area contributed by atoms with Crippen molar-refractivity contribution in [2.75, 3.05) is 33.5 Å². The highest BCUT2D eigenvalue weighted by Gasteiger charge is 2.37. The molecule has 1 aromatic heterocycles. The molecule has 0 bridgehead atoms. The standard InChI is InChI=1S/C16H27N3O3/c1-21-7-6-19-11-13(9-17-19)10-18-5-8-22-12-15(18)14-3-2-4-16(14)20/h9,11,14-16,20H,2-8,10,12H2,1H3. The van der Waals surface area contributed by atoms with Gasteiger partial charge in [0, 0.05) is 43.9 Å². The summed E-state index contributed by atoms with van der Waals surface area (Å²) >= 11 is 0. The number of morpholine rings is 1. The van der Waals surface area contributed by atoms with Gasteiger partial charge in [-0.25, -0.2) is 0 Å². The van der Waals surface area contributed by atoms with Gasteiger partial charge in [0.05, 0.1) is 38.7 Å². The summed E-state index contributed by atoms with van der Waals surface area (Å²) in [6, 6.07) is 0.327. The zero-order chi connectivity index (χ0) is 15.4. The normalized spacial score (nSPS) is 30.0. The number of methoxy groups -OCH3 is 1. The average molecular weight is 309 g/mol. The Labute approximate surface area is 132 Å². The Bertz CT molecular complexity index is 465. The molecule has 124 valence electrons. The van der Waals surface area contributed by atoms with Crippen molar-refractivity contribution in [3.63, 3.8) is 0 Å². The van der Waals surface area contributed by atoms with E-state index in [-0.39, 0.29) is 6.10 Å². The van der Waals surface area contributed by atoms with Crippen molar-refractivity contribution in [2.45, 2.75) is 44.5 Å². The fourth-order valence-electron chi connectivity index (χ4n) is 3.70. The molecule has 2 aliphatic rings. The lowest BCUT2D eigenvalue weighted by atomic mass is 9.94. The Kier molecular flexibility index (Phi) is 5.46. The summed E-state index contributed by atoms with van der Waals surface area (Å²) in [6.07, 6.45) is 7.04. The smallest absolute Gasteiger partial charge is 0.0658 e. The molecule has 1 aliphatic heterocycles. The molecule has 1 aromatic rings. The van der Waals surface area contributed by atoms with Gasteiger partial charge in [-0.3, -0.25) is 9.58 Å². The monoisotopic (exact) mass is 309 g/mol. The summed E-state index contributed by atoms with van der Waals surface area (Å²) in [4.78, 5) is 2.46. The van der Waals surface area contributed by atoms with E-state index in [1.165, 1.54) is 5.56 Å². The molecule has 0 radical (unpaired) electrons. The maximum Gasteiger partial charge on any atom is 0.0658 e. The predicted octanol–water partition coefficient (Wildman–Crippen LogP) is 0.891. The van der Waals surface area contributed by atoms with Crippen molar-refractivity contribution in [2.24, 2.45) is 5.92 Å². The first-order chi connectivity index (χ1) is 10.8. The molecule has 1 aliphatic carbocycles. The Morgan fingerprint density at radius 3 is 3.14 bits per heavy atom. The number of ether oxygens (including phenoxy) is 2. The second-order valence-corrected chi connectivity index (χ2v) is 6.38. The van der Waals surface area contributed by atoms with Crippen LogP contribution in [0.1, 0.15) is 24.8 Å². The Balaban J connectivity index is 1.62. The topological polar surface area (TPSA) is 59.8 Å². The molecule has 1 N–H and O–H groups in total. The van der Waals surface area contributed by atoms with Crippen LogP contribution in [-0.2, 0) is 22.6 Å². The van der Waals surface area contributed by atoms with Gasteiger partial charge < -0.3 is 14.6 Å². The lowest BCUT2D eigenvalue weighted by Crippen LogP contribution is -2.50. The fourth-order valence-corrected chi connectivity index (χ4v) is 3.70. The molecule has 0 aromatic carbocycles. The third-order valence-corrected chi connectivity index (χ3v) is 4.90. The molecule has 2 fully saturated rings. The number of nitrogens with zero attached hydrogens (tertiary/aromatic N) is 3. The number of rotatable bonds is 6. The van der Waals surface area contributed by atoms with Crippen LogP contribution in [0.25, 0.3) is 0 Å². The second-order valence-electron chi connectivity index (χ2n) is 6.38. The molecule has 0 amide bonds. The molecule has 1 saturated heterocycles. The van der Waals surface area contributed by atoms with Crippen molar-refractivity contribution in [3.05, 3.63) is 18.0 Å². The van der Waals surface area contributed by atoms with E-state index in [2.05, 4.69) is 16.2 Å². The van der Waals surface area contributed by atoms with E-state index in [0.717, 1.165) is 52.1 Å². The van der Waals surface area contributed by atoms with Gasteiger partial charge >= 0.3 is 0 Å². The number of hydrogen-bond acceptors (Lipinski definition) is 5. The van der Waals surface area contributed by atoms with Gasteiger partial charge in [-0.05, 0) is 12.8 Å². The summed E-state index contributed by atoms with van der Waals surface area (Å²) < 4.78 is 12.7. The van der Waals surface area contributed by atoms with Crippen LogP contribution in [0.3, 0.4) is 0 Å². The van der Waals surface area contributed by atoms with Gasteiger partial charge in [0.1, 0.15) is 0 Å². The summed E-state index contributed by atoms with van der Waals surface area (Å²) in [5, 5.41) is 14.6. The minimum absolute atomic E-state index is 0.168. The maximum atomic E-state index is 10.2. The first kappa shape index (κ1) is 15.9. The van der Waals surface area contributed by atoms with Crippen molar-refractivity contribution >= 4 is 0 Å². The van der Waals surface area contributed by atoms with Crippen LogP contribution < -0.4 is 0 Å². The van der Waals surface area contributed by atoms with E-state index in [4.69, 9.17) is 9.47 Å². The number of aliphatic hydroxyl groups excluding tert-OH is 1. The van der Waals surface area contributed by atoms with E-state index in [9.17, 15) is 5.11 Å². The maximum absolute atomic E-state index is 10.2. The van der Waals surface area contributed by atoms with Gasteiger partial charge in [-0.2, -0.15) is 5.10 Å². The first-order valence-corrected chi connectivity index (χ1v) is 8.28. The second kappa shape index (κ2) is 7.55. The Hall–Kier alpha value is -0.950. The van der Waals surface area contributed by atoms with E-state index < -0.39 is 0 Å². The zero-order valence-electron chi connectivity index (χ0n) is 13.4. The summed E-state index contributed by atoms with van der Waals surface area (Å²) in [7, 11) is 1.70. The summed E-state index contributed by atoms with van der Waals surface area (Å²) in [5.74, 6) is 0.351. The molecule has 3 atom stereocenters. The van der Waals surface area contributed by atoms with Crippen LogP contribution >= 0.6 is 0 Å². The van der Waals surface area contributed by atoms with E-state index in [1.54, 1.807) is 7.11 Å². The van der Waals surface area contributed by atoms with Crippen molar-refractivity contribution < 1.29 is 14.6 Å². The lowest BCUT2D eigenvalue weighted by molar-refractivity contribution is -0.0536. The van der Waals surface area contributed by atoms with Gasteiger partial charge in [0.25, 0.3) is 0 Å². The molecule has 6 nitrogen and oxygen atoms in total. The number of aliphatic hydroxyl groups is 1. The molecule has 0 spiro atoms. The van der Waals surface area contributed by atoms with Crippen LogP contribution in [0.4, 0.5) is 0 Å². The van der Waals surface area contributed by atoms with E-state index >= 15 is 0 Å². The summed E-state index contributed by atoms with van der Waals surface area (Å²) in [6.45, 7) is 4.78. The molecule has 3 unspecified atom stereocenters. The molecule has 1 saturated carbocycles. The molecule has 3 rings (SSSR count). The van der Waals surface area contributed by atoms with E-state index in [0.29, 0.717) is 18.6 Å². The predicted molar refractivity (Wildman–Crippen MR) is 82.5 cm³/mol. The fraction of sp³-hybridized carbons (Fsp3) is 0.812. The molecule has 2 heterocycles. The van der Waals surface area contributed by atoms with Gasteiger partial charge in [0.2, 0.25) is 0 Å². The SMILES string of the molecule is COCCn1cc(CN2CCOCC2C2CCCC2O)cn1. The van der Waals surface area contributed by atoms with Crippen LogP contribution in [0.15, 0.2) is 12.4 Å². The van der Waals surface area contributed by atoms with Crippen molar-refractivity contribution in [1.29, 1.82) is 0 Å². The lowest BCUT2D eigenvalue weighted by Gasteiger charge is -2.39. The molecule has 22 heavy (non-hydrogen) atoms. The van der Waals surface area contributed by atoms with Crippen LogP contribution in [0, 0.1) is 5.92 Å². The molecule has 6 heteroatoms. The average Bonchev–Trinajstić information content (AvgIpc) is 3.15.